The van der Waals surface area contributed by atoms with Gasteiger partial charge in [-0.15, -0.1) is 11.6 Å². The molecule has 2 amide bonds. The molecule has 1 atom stereocenters. The van der Waals surface area contributed by atoms with Crippen LogP contribution in [-0.2, 0) is 9.53 Å². The number of nitrogens with one attached hydrogen (secondary N) is 1. The topological polar surface area (TPSA) is 67.9 Å². The summed E-state index contributed by atoms with van der Waals surface area (Å²) in [5.74, 6) is 0.979. The highest BCUT2D eigenvalue weighted by Gasteiger charge is 2.33. The van der Waals surface area contributed by atoms with Crippen LogP contribution in [0.3, 0.4) is 0 Å². The van der Waals surface area contributed by atoms with Crippen molar-refractivity contribution in [1.82, 2.24) is 10.2 Å². The van der Waals surface area contributed by atoms with E-state index in [1.165, 1.54) is 0 Å². The summed E-state index contributed by atoms with van der Waals surface area (Å²) in [6.07, 6.45) is 2.00. The minimum absolute atomic E-state index is 0.0878. The Morgan fingerprint density at radius 1 is 1.19 bits per heavy atom. The lowest BCUT2D eigenvalue weighted by Crippen LogP contribution is -2.44. The van der Waals surface area contributed by atoms with E-state index in [1.807, 2.05) is 20.8 Å². The van der Waals surface area contributed by atoms with Gasteiger partial charge in [-0.2, -0.15) is 0 Å². The van der Waals surface area contributed by atoms with Crippen LogP contribution in [0.2, 0.25) is 10.0 Å². The average molecular weight is 494 g/mol. The summed E-state index contributed by atoms with van der Waals surface area (Å²) in [5, 5.41) is 3.90. The molecule has 1 aliphatic rings. The fourth-order valence-corrected chi connectivity index (χ4v) is 4.09. The summed E-state index contributed by atoms with van der Waals surface area (Å²) in [6, 6.07) is 3.08. The Bertz CT molecular complexity index is 775. The number of piperidine rings is 1. The van der Waals surface area contributed by atoms with Crippen LogP contribution in [0, 0.1) is 5.92 Å². The third kappa shape index (κ3) is 7.62. The number of methoxy groups -OCH3 is 1. The number of benzene rings is 1. The maximum absolute atomic E-state index is 12.6. The second-order valence-corrected chi connectivity index (χ2v) is 9.84. The molecule has 6 nitrogen and oxygen atoms in total. The predicted octanol–water partition coefficient (Wildman–Crippen LogP) is 5.83. The van der Waals surface area contributed by atoms with E-state index in [4.69, 9.17) is 44.3 Å². The number of carbonyl (C=O) groups is 2. The molecule has 1 heterocycles. The van der Waals surface area contributed by atoms with E-state index in [2.05, 4.69) is 5.32 Å². The molecule has 2 rings (SSSR count). The molecule has 9 heteroatoms. The van der Waals surface area contributed by atoms with Gasteiger partial charge in [0, 0.05) is 37.0 Å². The van der Waals surface area contributed by atoms with Gasteiger partial charge in [0.1, 0.15) is 11.4 Å². The summed E-state index contributed by atoms with van der Waals surface area (Å²) in [4.78, 5) is 26.7. The fraction of sp³-hybridized carbons (Fsp3) is 0.636. The van der Waals surface area contributed by atoms with Crippen LogP contribution in [0.1, 0.15) is 58.1 Å². The van der Waals surface area contributed by atoms with E-state index in [-0.39, 0.29) is 24.0 Å². The number of amides is 2. The molecule has 1 aliphatic heterocycles. The lowest BCUT2D eigenvalue weighted by atomic mass is 9.84. The average Bonchev–Trinajstić information content (AvgIpc) is 2.71. The van der Waals surface area contributed by atoms with Crippen LogP contribution in [0.5, 0.6) is 5.75 Å². The Morgan fingerprint density at radius 3 is 2.35 bits per heavy atom. The second-order valence-electron chi connectivity index (χ2n) is 8.65. The zero-order chi connectivity index (χ0) is 23.2. The number of carbonyl (C=O) groups excluding carboxylic acids is 2. The molecular weight excluding hydrogens is 463 g/mol. The molecule has 31 heavy (non-hydrogen) atoms. The van der Waals surface area contributed by atoms with Gasteiger partial charge >= 0.3 is 6.09 Å². The Labute approximate surface area is 199 Å². The lowest BCUT2D eigenvalue weighted by molar-refractivity contribution is -0.122. The summed E-state index contributed by atoms with van der Waals surface area (Å²) < 4.78 is 11.0. The van der Waals surface area contributed by atoms with Gasteiger partial charge in [-0.3, -0.25) is 4.79 Å². The predicted molar refractivity (Wildman–Crippen MR) is 124 cm³/mol. The molecule has 0 saturated carbocycles. The van der Waals surface area contributed by atoms with Gasteiger partial charge < -0.3 is 19.7 Å². The standard InChI is InChI=1S/C22H31Cl3N2O4/c1-22(2,3)31-21(29)27-10-7-14(8-11-27)20(26-19(28)6-5-9-23)15-12-16(24)17(25)13-18(15)30-4/h12-14,20H,5-11H2,1-4H3,(H,26,28). The Hall–Kier alpha value is -1.37. The number of alkyl halides is 1. The zero-order valence-electron chi connectivity index (χ0n) is 18.5. The zero-order valence-corrected chi connectivity index (χ0v) is 20.7. The summed E-state index contributed by atoms with van der Waals surface area (Å²) >= 11 is 18.2. The number of hydrogen-bond donors (Lipinski definition) is 1. The van der Waals surface area contributed by atoms with Crippen molar-refractivity contribution in [3.8, 4) is 5.75 Å². The van der Waals surface area contributed by atoms with Crippen LogP contribution in [0.4, 0.5) is 4.79 Å². The van der Waals surface area contributed by atoms with Gasteiger partial charge in [0.25, 0.3) is 0 Å². The number of nitrogens with zero attached hydrogens (tertiary/aromatic N) is 1. The Kier molecular flexibility index (Phi) is 9.59. The van der Waals surface area contributed by atoms with Crippen molar-refractivity contribution in [2.24, 2.45) is 5.92 Å². The normalized spacial score (nSPS) is 16.0. The van der Waals surface area contributed by atoms with Crippen LogP contribution < -0.4 is 10.1 Å². The molecule has 1 saturated heterocycles. The van der Waals surface area contributed by atoms with Crippen LogP contribution in [0.25, 0.3) is 0 Å². The van der Waals surface area contributed by atoms with E-state index >= 15 is 0 Å². The number of rotatable bonds is 7. The first-order valence-electron chi connectivity index (χ1n) is 10.4. The summed E-state index contributed by atoms with van der Waals surface area (Å²) in [6.45, 7) is 6.62. The van der Waals surface area contributed by atoms with E-state index in [9.17, 15) is 9.59 Å². The molecule has 1 fully saturated rings. The number of hydrogen-bond acceptors (Lipinski definition) is 4. The maximum atomic E-state index is 12.6. The third-order valence-corrected chi connectivity index (χ3v) is 6.11. The molecule has 1 N–H and O–H groups in total. The van der Waals surface area contributed by atoms with Gasteiger partial charge in [-0.25, -0.2) is 4.79 Å². The molecule has 1 aromatic rings. The van der Waals surface area contributed by atoms with Crippen molar-refractivity contribution in [1.29, 1.82) is 0 Å². The van der Waals surface area contributed by atoms with Crippen LogP contribution in [0.15, 0.2) is 12.1 Å². The maximum Gasteiger partial charge on any atom is 0.410 e. The van der Waals surface area contributed by atoms with Gasteiger partial charge in [0.15, 0.2) is 0 Å². The molecule has 1 unspecified atom stereocenters. The Morgan fingerprint density at radius 2 is 1.81 bits per heavy atom. The minimum Gasteiger partial charge on any atom is -0.496 e. The van der Waals surface area contributed by atoms with Gasteiger partial charge in [-0.1, -0.05) is 23.2 Å². The highest BCUT2D eigenvalue weighted by atomic mass is 35.5. The molecule has 0 aliphatic carbocycles. The van der Waals surface area contributed by atoms with Crippen molar-refractivity contribution in [2.75, 3.05) is 26.1 Å². The molecule has 1 aromatic carbocycles. The first kappa shape index (κ1) is 25.9. The van der Waals surface area contributed by atoms with Crippen molar-refractivity contribution < 1.29 is 19.1 Å². The molecule has 0 spiro atoms. The van der Waals surface area contributed by atoms with Crippen molar-refractivity contribution in [3.63, 3.8) is 0 Å². The first-order chi connectivity index (χ1) is 14.6. The molecule has 174 valence electrons. The third-order valence-electron chi connectivity index (χ3n) is 5.12. The van der Waals surface area contributed by atoms with Crippen LogP contribution in [-0.4, -0.2) is 48.6 Å². The molecule has 0 aromatic heterocycles. The first-order valence-corrected chi connectivity index (χ1v) is 11.7. The van der Waals surface area contributed by atoms with Gasteiger partial charge in [0.05, 0.1) is 23.2 Å². The lowest BCUT2D eigenvalue weighted by Gasteiger charge is -2.37. The number of ether oxygens (including phenoxy) is 2. The summed E-state index contributed by atoms with van der Waals surface area (Å²) in [5.41, 5.74) is 0.229. The van der Waals surface area contributed by atoms with Gasteiger partial charge in [0.2, 0.25) is 5.91 Å². The van der Waals surface area contributed by atoms with Crippen LogP contribution >= 0.6 is 34.8 Å². The van der Waals surface area contributed by atoms with E-state index in [0.29, 0.717) is 60.4 Å². The van der Waals surface area contributed by atoms with Crippen molar-refractivity contribution in [2.45, 2.75) is 58.1 Å². The monoisotopic (exact) mass is 492 g/mol. The number of likely N-dealkylation sites (tertiary alicyclic amines) is 1. The highest BCUT2D eigenvalue weighted by Crippen LogP contribution is 2.39. The quantitative estimate of drug-likeness (QED) is 0.486. The SMILES string of the molecule is COc1cc(Cl)c(Cl)cc1C(NC(=O)CCCCl)C1CCN(C(=O)OC(C)(C)C)CC1. The molecule has 0 radical (unpaired) electrons. The van der Waals surface area contributed by atoms with Gasteiger partial charge in [-0.05, 0) is 52.0 Å². The van der Waals surface area contributed by atoms with E-state index in [0.717, 1.165) is 5.56 Å². The minimum atomic E-state index is -0.541. The fourth-order valence-electron chi connectivity index (χ4n) is 3.63. The Balaban J connectivity index is 2.22. The smallest absolute Gasteiger partial charge is 0.410 e. The number of halogens is 3. The summed E-state index contributed by atoms with van der Waals surface area (Å²) in [7, 11) is 1.56. The van der Waals surface area contributed by atoms with E-state index in [1.54, 1.807) is 24.1 Å². The second kappa shape index (κ2) is 11.5. The highest BCUT2D eigenvalue weighted by molar-refractivity contribution is 6.42. The van der Waals surface area contributed by atoms with E-state index < -0.39 is 5.60 Å². The molecule has 0 bridgehead atoms. The van der Waals surface area contributed by atoms with Crippen molar-refractivity contribution >= 4 is 46.8 Å². The van der Waals surface area contributed by atoms with Crippen molar-refractivity contribution in [3.05, 3.63) is 27.7 Å². The largest absolute Gasteiger partial charge is 0.496 e. The molecular formula is C22H31Cl3N2O4.